The Bertz CT molecular complexity index is 500. The van der Waals surface area contributed by atoms with Crippen LogP contribution >= 0.6 is 11.3 Å². The van der Waals surface area contributed by atoms with Gasteiger partial charge in [0.2, 0.25) is 11.7 Å². The molecular formula is C12H16N4OS. The van der Waals surface area contributed by atoms with Gasteiger partial charge in [0.05, 0.1) is 11.0 Å². The van der Waals surface area contributed by atoms with Crippen LogP contribution in [0.15, 0.2) is 15.4 Å². The molecule has 1 fully saturated rings. The molecule has 3 rings (SSSR count). The van der Waals surface area contributed by atoms with Crippen molar-refractivity contribution in [3.63, 3.8) is 0 Å². The number of hydrogen-bond acceptors (Lipinski definition) is 6. The summed E-state index contributed by atoms with van der Waals surface area (Å²) in [5.41, 5.74) is 8.50. The van der Waals surface area contributed by atoms with Gasteiger partial charge in [0, 0.05) is 5.38 Å². The van der Waals surface area contributed by atoms with E-state index in [4.69, 9.17) is 10.3 Å². The third-order valence-electron chi connectivity index (χ3n) is 3.51. The molecule has 0 radical (unpaired) electrons. The molecule has 5 nitrogen and oxygen atoms in total. The molecule has 0 spiro atoms. The molecule has 0 saturated heterocycles. The molecule has 1 aliphatic carbocycles. The molecule has 0 unspecified atom stereocenters. The number of nitrogens with zero attached hydrogens (tertiary/aromatic N) is 3. The number of thiazole rings is 1. The minimum Gasteiger partial charge on any atom is -0.337 e. The predicted octanol–water partition coefficient (Wildman–Crippen LogP) is 2.70. The van der Waals surface area contributed by atoms with Crippen LogP contribution in [-0.4, -0.2) is 15.1 Å². The maximum Gasteiger partial charge on any atom is 0.247 e. The number of hydrogen-bond donors (Lipinski definition) is 1. The second-order valence-corrected chi connectivity index (χ2v) is 5.59. The van der Waals surface area contributed by atoms with E-state index in [1.165, 1.54) is 24.2 Å². The van der Waals surface area contributed by atoms with Crippen LogP contribution in [0.5, 0.6) is 0 Å². The number of aromatic nitrogens is 3. The summed E-state index contributed by atoms with van der Waals surface area (Å²) in [6, 6.07) is 0. The van der Waals surface area contributed by atoms with Crippen LogP contribution in [0.25, 0.3) is 11.5 Å². The van der Waals surface area contributed by atoms with Gasteiger partial charge in [0.15, 0.2) is 0 Å². The van der Waals surface area contributed by atoms with Crippen molar-refractivity contribution in [3.05, 3.63) is 16.8 Å². The van der Waals surface area contributed by atoms with Crippen LogP contribution < -0.4 is 5.73 Å². The van der Waals surface area contributed by atoms with E-state index < -0.39 is 5.54 Å². The van der Waals surface area contributed by atoms with Crippen molar-refractivity contribution in [1.82, 2.24) is 15.1 Å². The number of rotatable bonds is 2. The molecule has 0 amide bonds. The zero-order valence-corrected chi connectivity index (χ0v) is 10.9. The van der Waals surface area contributed by atoms with Crippen molar-refractivity contribution in [2.24, 2.45) is 5.73 Å². The van der Waals surface area contributed by atoms with E-state index >= 15 is 0 Å². The van der Waals surface area contributed by atoms with E-state index in [1.807, 2.05) is 5.38 Å². The summed E-state index contributed by atoms with van der Waals surface area (Å²) >= 11 is 1.52. The van der Waals surface area contributed by atoms with Gasteiger partial charge in [-0.05, 0) is 12.8 Å². The average molecular weight is 264 g/mol. The lowest BCUT2D eigenvalue weighted by molar-refractivity contribution is 0.257. The normalized spacial score (nSPS) is 19.6. The monoisotopic (exact) mass is 264 g/mol. The zero-order valence-electron chi connectivity index (χ0n) is 10.1. The maximum absolute atomic E-state index is 6.43. The molecule has 18 heavy (non-hydrogen) atoms. The van der Waals surface area contributed by atoms with Gasteiger partial charge in [0.25, 0.3) is 0 Å². The lowest BCUT2D eigenvalue weighted by Crippen LogP contribution is -2.36. The second kappa shape index (κ2) is 4.78. The Hall–Kier alpha value is -1.27. The van der Waals surface area contributed by atoms with Crippen molar-refractivity contribution < 1.29 is 4.52 Å². The molecule has 0 bridgehead atoms. The van der Waals surface area contributed by atoms with Crippen molar-refractivity contribution in [2.45, 2.75) is 44.1 Å². The molecule has 2 aromatic rings. The standard InChI is InChI=1S/C12H16N4OS/c13-12(5-3-1-2-4-6-12)11-15-10(16-17-11)9-7-18-8-14-9/h7-8H,1-6,13H2. The Kier molecular flexibility index (Phi) is 3.13. The largest absolute Gasteiger partial charge is 0.337 e. The van der Waals surface area contributed by atoms with Crippen molar-refractivity contribution in [3.8, 4) is 11.5 Å². The Morgan fingerprint density at radius 1 is 1.22 bits per heavy atom. The molecule has 96 valence electrons. The predicted molar refractivity (Wildman–Crippen MR) is 69.0 cm³/mol. The van der Waals surface area contributed by atoms with Crippen molar-refractivity contribution in [1.29, 1.82) is 0 Å². The van der Waals surface area contributed by atoms with Crippen LogP contribution in [-0.2, 0) is 5.54 Å². The Labute approximate surface area is 109 Å². The summed E-state index contributed by atoms with van der Waals surface area (Å²) in [7, 11) is 0. The molecule has 0 atom stereocenters. The van der Waals surface area contributed by atoms with Gasteiger partial charge in [-0.15, -0.1) is 11.3 Å². The van der Waals surface area contributed by atoms with E-state index in [2.05, 4.69) is 15.1 Å². The maximum atomic E-state index is 6.43. The van der Waals surface area contributed by atoms with Gasteiger partial charge < -0.3 is 10.3 Å². The first kappa shape index (κ1) is 11.8. The molecule has 2 heterocycles. The Balaban J connectivity index is 1.88. The van der Waals surface area contributed by atoms with Crippen LogP contribution in [0.3, 0.4) is 0 Å². The Morgan fingerprint density at radius 2 is 2.00 bits per heavy atom. The summed E-state index contributed by atoms with van der Waals surface area (Å²) in [6.45, 7) is 0. The topological polar surface area (TPSA) is 77.8 Å². The highest BCUT2D eigenvalue weighted by Gasteiger charge is 2.34. The number of nitrogens with two attached hydrogens (primary N) is 1. The Morgan fingerprint density at radius 3 is 2.67 bits per heavy atom. The first-order valence-electron chi connectivity index (χ1n) is 6.30. The van der Waals surface area contributed by atoms with Gasteiger partial charge in [-0.2, -0.15) is 4.98 Å². The minimum atomic E-state index is -0.447. The van der Waals surface area contributed by atoms with Crippen LogP contribution in [0.1, 0.15) is 44.4 Å². The third-order valence-corrected chi connectivity index (χ3v) is 4.10. The minimum absolute atomic E-state index is 0.447. The van der Waals surface area contributed by atoms with Crippen LogP contribution in [0, 0.1) is 0 Å². The fourth-order valence-electron chi connectivity index (χ4n) is 2.43. The van der Waals surface area contributed by atoms with E-state index in [0.717, 1.165) is 31.4 Å². The molecule has 6 heteroatoms. The average Bonchev–Trinajstić information content (AvgIpc) is 3.00. The van der Waals surface area contributed by atoms with E-state index in [9.17, 15) is 0 Å². The summed E-state index contributed by atoms with van der Waals surface area (Å²) < 4.78 is 5.36. The van der Waals surface area contributed by atoms with E-state index in [0.29, 0.717) is 11.7 Å². The van der Waals surface area contributed by atoms with E-state index in [1.54, 1.807) is 5.51 Å². The highest BCUT2D eigenvalue weighted by atomic mass is 32.1. The second-order valence-electron chi connectivity index (χ2n) is 4.87. The summed E-state index contributed by atoms with van der Waals surface area (Å²) in [5.74, 6) is 1.10. The molecular weight excluding hydrogens is 248 g/mol. The van der Waals surface area contributed by atoms with Gasteiger partial charge in [-0.1, -0.05) is 30.8 Å². The molecule has 0 aliphatic heterocycles. The van der Waals surface area contributed by atoms with Gasteiger partial charge >= 0.3 is 0 Å². The fourth-order valence-corrected chi connectivity index (χ4v) is 2.96. The molecule has 2 aromatic heterocycles. The molecule has 1 saturated carbocycles. The lowest BCUT2D eigenvalue weighted by atomic mass is 9.91. The van der Waals surface area contributed by atoms with Crippen LogP contribution in [0.2, 0.25) is 0 Å². The first-order chi connectivity index (χ1) is 8.78. The van der Waals surface area contributed by atoms with Crippen molar-refractivity contribution in [2.75, 3.05) is 0 Å². The summed E-state index contributed by atoms with van der Waals surface area (Å²) in [6.07, 6.45) is 6.59. The van der Waals surface area contributed by atoms with Gasteiger partial charge in [0.1, 0.15) is 5.69 Å². The van der Waals surface area contributed by atoms with Gasteiger partial charge in [-0.25, -0.2) is 4.98 Å². The highest BCUT2D eigenvalue weighted by Crippen LogP contribution is 2.33. The highest BCUT2D eigenvalue weighted by molar-refractivity contribution is 7.07. The van der Waals surface area contributed by atoms with Gasteiger partial charge in [-0.3, -0.25) is 0 Å². The SMILES string of the molecule is NC1(c2nc(-c3cscn3)no2)CCCCCC1. The fraction of sp³-hybridized carbons (Fsp3) is 0.583. The summed E-state index contributed by atoms with van der Waals surface area (Å²) in [4.78, 5) is 8.61. The third kappa shape index (κ3) is 2.18. The first-order valence-corrected chi connectivity index (χ1v) is 7.24. The molecule has 1 aliphatic rings. The van der Waals surface area contributed by atoms with Crippen LogP contribution in [0.4, 0.5) is 0 Å². The molecule has 0 aromatic carbocycles. The summed E-state index contributed by atoms with van der Waals surface area (Å²) in [5, 5.41) is 5.90. The zero-order chi connectivity index (χ0) is 12.4. The van der Waals surface area contributed by atoms with Crippen molar-refractivity contribution >= 4 is 11.3 Å². The quantitative estimate of drug-likeness (QED) is 0.844. The lowest BCUT2D eigenvalue weighted by Gasteiger charge is -2.22. The van der Waals surface area contributed by atoms with E-state index in [-0.39, 0.29) is 0 Å². The smallest absolute Gasteiger partial charge is 0.247 e. The molecule has 2 N–H and O–H groups in total.